The summed E-state index contributed by atoms with van der Waals surface area (Å²) in [4.78, 5) is 25.1. The van der Waals surface area contributed by atoms with Crippen molar-refractivity contribution in [3.63, 3.8) is 0 Å². The van der Waals surface area contributed by atoms with Gasteiger partial charge in [-0.3, -0.25) is 9.59 Å². The van der Waals surface area contributed by atoms with E-state index in [9.17, 15) is 9.59 Å². The van der Waals surface area contributed by atoms with Gasteiger partial charge in [-0.2, -0.15) is 0 Å². The maximum atomic E-state index is 12.2. The van der Waals surface area contributed by atoms with E-state index in [1.165, 1.54) is 0 Å². The maximum Gasteiger partial charge on any atom is 0.260 e. The van der Waals surface area contributed by atoms with Crippen molar-refractivity contribution < 1.29 is 18.7 Å². The number of carbonyl (C=O) groups is 2. The minimum Gasteiger partial charge on any atom is -0.484 e. The minimum absolute atomic E-state index is 0.0627. The van der Waals surface area contributed by atoms with Crippen LogP contribution in [-0.2, 0) is 9.59 Å². The third kappa shape index (κ3) is 2.91. The van der Waals surface area contributed by atoms with E-state index in [2.05, 4.69) is 0 Å². The Bertz CT molecular complexity index is 962. The Kier molecular flexibility index (Phi) is 3.80. The van der Waals surface area contributed by atoms with Gasteiger partial charge in [0.15, 0.2) is 6.61 Å². The molecule has 4 rings (SSSR count). The van der Waals surface area contributed by atoms with E-state index >= 15 is 0 Å². The second-order valence-corrected chi connectivity index (χ2v) is 6.27. The highest BCUT2D eigenvalue weighted by Gasteiger charge is 2.29. The molecule has 6 nitrogen and oxygen atoms in total. The number of benzene rings is 2. The summed E-state index contributed by atoms with van der Waals surface area (Å²) in [5.41, 5.74) is 6.90. The number of hydrogen-bond acceptors (Lipinski definition) is 4. The van der Waals surface area contributed by atoms with Crippen molar-refractivity contribution in [2.24, 2.45) is 11.7 Å². The minimum atomic E-state index is -0.353. The zero-order valence-corrected chi connectivity index (χ0v) is 13.6. The Balaban J connectivity index is 1.47. The monoisotopic (exact) mass is 338 g/mol. The molecule has 0 spiro atoms. The normalized spacial score (nSPS) is 17.3. The molecule has 2 aromatic carbocycles. The first kappa shape index (κ1) is 15.5. The fraction of sp³-hybridized carbons (Fsp3) is 0.263. The van der Waals surface area contributed by atoms with Gasteiger partial charge in [-0.05, 0) is 30.7 Å². The molecule has 1 aromatic heterocycles. The Hall–Kier alpha value is -3.02. The number of nitrogens with two attached hydrogens (primary N) is 1. The van der Waals surface area contributed by atoms with Crippen LogP contribution in [0.4, 0.5) is 0 Å². The molecule has 2 amide bonds. The van der Waals surface area contributed by atoms with Crippen LogP contribution in [-0.4, -0.2) is 36.4 Å². The first-order valence-electron chi connectivity index (χ1n) is 8.23. The third-order valence-corrected chi connectivity index (χ3v) is 4.65. The maximum absolute atomic E-state index is 12.2. The summed E-state index contributed by atoms with van der Waals surface area (Å²) >= 11 is 0. The first-order chi connectivity index (χ1) is 12.1. The van der Waals surface area contributed by atoms with Crippen LogP contribution in [0.1, 0.15) is 6.42 Å². The van der Waals surface area contributed by atoms with Gasteiger partial charge in [-0.1, -0.05) is 18.2 Å². The van der Waals surface area contributed by atoms with Crippen LogP contribution >= 0.6 is 0 Å². The Morgan fingerprint density at radius 1 is 1.16 bits per heavy atom. The number of likely N-dealkylation sites (tertiary alicyclic amines) is 1. The lowest BCUT2D eigenvalue weighted by molar-refractivity contribution is -0.132. The van der Waals surface area contributed by atoms with Crippen molar-refractivity contribution >= 4 is 33.8 Å². The van der Waals surface area contributed by atoms with Crippen LogP contribution in [0, 0.1) is 5.92 Å². The first-order valence-corrected chi connectivity index (χ1v) is 8.23. The number of fused-ring (bicyclic) bond motifs is 3. The summed E-state index contributed by atoms with van der Waals surface area (Å²) in [5.74, 6) is -0.134. The van der Waals surface area contributed by atoms with Gasteiger partial charge in [0.05, 0.1) is 5.92 Å². The summed E-state index contributed by atoms with van der Waals surface area (Å²) < 4.78 is 11.4. The van der Waals surface area contributed by atoms with Crippen LogP contribution in [0.15, 0.2) is 46.9 Å². The quantitative estimate of drug-likeness (QED) is 0.791. The summed E-state index contributed by atoms with van der Waals surface area (Å²) in [6, 6.07) is 13.3. The number of primary amides is 1. The number of amides is 2. The topological polar surface area (TPSA) is 85.8 Å². The van der Waals surface area contributed by atoms with Gasteiger partial charge in [-0.15, -0.1) is 0 Å². The molecule has 3 aromatic rings. The Morgan fingerprint density at radius 2 is 1.96 bits per heavy atom. The molecule has 1 aliphatic heterocycles. The molecule has 1 fully saturated rings. The second kappa shape index (κ2) is 6.12. The molecular formula is C19H18N2O4. The highest BCUT2D eigenvalue weighted by Crippen LogP contribution is 2.31. The van der Waals surface area contributed by atoms with Crippen LogP contribution in [0.5, 0.6) is 5.75 Å². The number of nitrogens with zero attached hydrogens (tertiary/aromatic N) is 1. The zero-order valence-electron chi connectivity index (χ0n) is 13.6. The van der Waals surface area contributed by atoms with Crippen molar-refractivity contribution in [1.82, 2.24) is 4.90 Å². The lowest BCUT2D eigenvalue weighted by Gasteiger charge is -2.16. The van der Waals surface area contributed by atoms with E-state index in [-0.39, 0.29) is 24.3 Å². The third-order valence-electron chi connectivity index (χ3n) is 4.65. The lowest BCUT2D eigenvalue weighted by Crippen LogP contribution is -2.34. The van der Waals surface area contributed by atoms with Crippen LogP contribution in [0.25, 0.3) is 21.9 Å². The largest absolute Gasteiger partial charge is 0.484 e. The number of ether oxygens (including phenoxy) is 1. The standard InChI is InChI=1S/C19H18N2O4/c20-19(23)12-7-8-21(10-12)18(22)11-24-13-5-6-17-15(9-13)14-3-1-2-4-16(14)25-17/h1-6,9,12H,7-8,10-11H2,(H2,20,23)/t12-/m0/s1. The molecule has 1 aliphatic rings. The summed E-state index contributed by atoms with van der Waals surface area (Å²) in [6.07, 6.45) is 0.619. The second-order valence-electron chi connectivity index (χ2n) is 6.27. The molecule has 6 heteroatoms. The van der Waals surface area contributed by atoms with E-state index in [4.69, 9.17) is 14.9 Å². The Morgan fingerprint density at radius 3 is 2.76 bits per heavy atom. The molecule has 25 heavy (non-hydrogen) atoms. The van der Waals surface area contributed by atoms with Crippen molar-refractivity contribution in [2.75, 3.05) is 19.7 Å². The fourth-order valence-electron chi connectivity index (χ4n) is 3.25. The summed E-state index contributed by atoms with van der Waals surface area (Å²) in [7, 11) is 0. The average Bonchev–Trinajstić information content (AvgIpc) is 3.24. The van der Waals surface area contributed by atoms with E-state index in [1.54, 1.807) is 11.0 Å². The Labute approximate surface area is 144 Å². The molecule has 0 saturated carbocycles. The molecule has 0 unspecified atom stereocenters. The molecule has 0 bridgehead atoms. The van der Waals surface area contributed by atoms with E-state index in [1.807, 2.05) is 36.4 Å². The van der Waals surface area contributed by atoms with Gasteiger partial charge in [0, 0.05) is 23.9 Å². The average molecular weight is 338 g/mol. The van der Waals surface area contributed by atoms with Crippen molar-refractivity contribution in [3.05, 3.63) is 42.5 Å². The van der Waals surface area contributed by atoms with Gasteiger partial charge in [0.1, 0.15) is 16.9 Å². The highest BCUT2D eigenvalue weighted by molar-refractivity contribution is 6.05. The molecule has 128 valence electrons. The van der Waals surface area contributed by atoms with E-state index in [0.717, 1.165) is 21.9 Å². The van der Waals surface area contributed by atoms with Gasteiger partial charge < -0.3 is 19.8 Å². The molecule has 0 aliphatic carbocycles. The van der Waals surface area contributed by atoms with Crippen molar-refractivity contribution in [2.45, 2.75) is 6.42 Å². The molecule has 2 heterocycles. The summed E-state index contributed by atoms with van der Waals surface area (Å²) in [5, 5.41) is 1.97. The van der Waals surface area contributed by atoms with Crippen molar-refractivity contribution in [1.29, 1.82) is 0 Å². The van der Waals surface area contributed by atoms with Crippen LogP contribution < -0.4 is 10.5 Å². The number of para-hydroxylation sites is 1. The predicted octanol–water partition coefficient (Wildman–Crippen LogP) is 2.30. The molecular weight excluding hydrogens is 320 g/mol. The molecule has 2 N–H and O–H groups in total. The van der Waals surface area contributed by atoms with Crippen LogP contribution in [0.3, 0.4) is 0 Å². The van der Waals surface area contributed by atoms with Crippen LogP contribution in [0.2, 0.25) is 0 Å². The highest BCUT2D eigenvalue weighted by atomic mass is 16.5. The number of hydrogen-bond donors (Lipinski definition) is 1. The number of carbonyl (C=O) groups excluding carboxylic acids is 2. The van der Waals surface area contributed by atoms with Gasteiger partial charge in [0.2, 0.25) is 5.91 Å². The fourth-order valence-corrected chi connectivity index (χ4v) is 3.25. The zero-order chi connectivity index (χ0) is 17.4. The van der Waals surface area contributed by atoms with E-state index in [0.29, 0.717) is 25.3 Å². The molecule has 1 atom stereocenters. The lowest BCUT2D eigenvalue weighted by atomic mass is 10.1. The van der Waals surface area contributed by atoms with Gasteiger partial charge in [-0.25, -0.2) is 0 Å². The summed E-state index contributed by atoms with van der Waals surface area (Å²) in [6.45, 7) is 0.858. The SMILES string of the molecule is NC(=O)[C@H]1CCN(C(=O)COc2ccc3oc4ccccc4c3c2)C1. The van der Waals surface area contributed by atoms with E-state index < -0.39 is 0 Å². The number of furan rings is 1. The predicted molar refractivity (Wildman–Crippen MR) is 93.1 cm³/mol. The number of rotatable bonds is 4. The van der Waals surface area contributed by atoms with Crippen molar-refractivity contribution in [3.8, 4) is 5.75 Å². The van der Waals surface area contributed by atoms with Gasteiger partial charge >= 0.3 is 0 Å². The smallest absolute Gasteiger partial charge is 0.260 e. The van der Waals surface area contributed by atoms with Gasteiger partial charge in [0.25, 0.3) is 5.91 Å². The molecule has 0 radical (unpaired) electrons. The molecule has 1 saturated heterocycles.